The lowest BCUT2D eigenvalue weighted by atomic mass is 10.1. The molecule has 0 saturated carbocycles. The summed E-state index contributed by atoms with van der Waals surface area (Å²) in [7, 11) is -4.95. The molecule has 4 rings (SSSR count). The molecule has 0 spiro atoms. The van der Waals surface area contributed by atoms with Crippen LogP contribution in [0.2, 0.25) is 0 Å². The van der Waals surface area contributed by atoms with Crippen LogP contribution in [0.3, 0.4) is 0 Å². The molecule has 0 bridgehead atoms. The zero-order chi connectivity index (χ0) is 27.3. The molecule has 9 nitrogen and oxygen atoms in total. The Hall–Kier alpha value is -4.51. The van der Waals surface area contributed by atoms with Gasteiger partial charge in [-0.25, -0.2) is 4.79 Å². The summed E-state index contributed by atoms with van der Waals surface area (Å²) in [5, 5.41) is 2.63. The van der Waals surface area contributed by atoms with Crippen molar-refractivity contribution in [1.82, 2.24) is 9.55 Å². The van der Waals surface area contributed by atoms with Gasteiger partial charge < -0.3 is 10.1 Å². The number of aromatic amines is 1. The van der Waals surface area contributed by atoms with Gasteiger partial charge in [-0.2, -0.15) is 8.42 Å². The highest BCUT2D eigenvalue weighted by atomic mass is 32.3. The number of hydrogen-bond acceptors (Lipinski definition) is 6. The second-order valence-corrected chi connectivity index (χ2v) is 9.77. The van der Waals surface area contributed by atoms with Gasteiger partial charge in [-0.3, -0.25) is 19.1 Å². The van der Waals surface area contributed by atoms with E-state index >= 15 is 0 Å². The van der Waals surface area contributed by atoms with Crippen molar-refractivity contribution in [2.75, 3.05) is 11.9 Å². The molecule has 0 saturated heterocycles. The second kappa shape index (κ2) is 11.3. The van der Waals surface area contributed by atoms with Crippen molar-refractivity contribution in [2.24, 2.45) is 0 Å². The molecule has 0 atom stereocenters. The normalized spacial score (nSPS) is 11.2. The Kier molecular flexibility index (Phi) is 7.87. The number of aromatic nitrogens is 2. The molecular formula is C27H24FN3O6S. The maximum absolute atomic E-state index is 13.3. The Bertz CT molecular complexity index is 1710. The topological polar surface area (TPSA) is 127 Å². The maximum atomic E-state index is 13.3. The molecular weight excluding hydrogens is 513 g/mol. The van der Waals surface area contributed by atoms with E-state index in [1.54, 1.807) is 24.3 Å². The van der Waals surface area contributed by atoms with E-state index in [0.29, 0.717) is 35.6 Å². The first kappa shape index (κ1) is 26.6. The molecule has 196 valence electrons. The van der Waals surface area contributed by atoms with Crippen molar-refractivity contribution in [2.45, 2.75) is 24.8 Å². The van der Waals surface area contributed by atoms with Crippen LogP contribution in [0.15, 0.2) is 93.5 Å². The van der Waals surface area contributed by atoms with Crippen molar-refractivity contribution in [3.63, 3.8) is 0 Å². The lowest BCUT2D eigenvalue weighted by Gasteiger charge is -2.11. The van der Waals surface area contributed by atoms with Crippen LogP contribution < -0.4 is 21.3 Å². The summed E-state index contributed by atoms with van der Waals surface area (Å²) >= 11 is 0. The summed E-state index contributed by atoms with van der Waals surface area (Å²) in [5.41, 5.74) is 1.18. The lowest BCUT2D eigenvalue weighted by molar-refractivity contribution is 0.102. The van der Waals surface area contributed by atoms with E-state index in [0.717, 1.165) is 17.7 Å². The fourth-order valence-electron chi connectivity index (χ4n) is 3.87. The summed E-state index contributed by atoms with van der Waals surface area (Å²) in [6.07, 6.45) is 1.79. The van der Waals surface area contributed by atoms with E-state index in [2.05, 4.69) is 10.3 Å². The van der Waals surface area contributed by atoms with Crippen LogP contribution in [0.4, 0.5) is 9.57 Å². The largest absolute Gasteiger partial charge is 0.494 e. The van der Waals surface area contributed by atoms with Crippen LogP contribution in [0, 0.1) is 0 Å². The fourth-order valence-corrected chi connectivity index (χ4v) is 4.37. The van der Waals surface area contributed by atoms with Gasteiger partial charge in [0.1, 0.15) is 5.75 Å². The Balaban J connectivity index is 1.53. The van der Waals surface area contributed by atoms with Crippen molar-refractivity contribution < 1.29 is 21.8 Å². The van der Waals surface area contributed by atoms with Crippen molar-refractivity contribution in [3.8, 4) is 5.75 Å². The molecule has 1 amide bonds. The maximum Gasteiger partial charge on any atom is 0.332 e. The molecule has 1 heterocycles. The summed E-state index contributed by atoms with van der Waals surface area (Å²) < 4.78 is 42.5. The van der Waals surface area contributed by atoms with E-state index in [1.807, 2.05) is 31.2 Å². The molecule has 3 aromatic carbocycles. The first-order valence-corrected chi connectivity index (χ1v) is 13.0. The summed E-state index contributed by atoms with van der Waals surface area (Å²) in [5.74, 6) is 0.0529. The molecule has 0 radical (unpaired) electrons. The standard InChI is InChI=1S/C27H24FN3O6S/c1-2-37-23-10-4-6-18(14-23)12-21-17-31(27(34)30-26(21)33)16-19-7-3-9-22(13-19)29-25(32)20-8-5-11-24(15-20)38(28,35)36/h3-11,13-15,17H,2,12,16H2,1H3,(H,29,32)(H,30,33,34). The molecule has 0 aliphatic heterocycles. The van der Waals surface area contributed by atoms with E-state index in [-0.39, 0.29) is 12.1 Å². The van der Waals surface area contributed by atoms with E-state index in [9.17, 15) is 26.7 Å². The zero-order valence-corrected chi connectivity index (χ0v) is 21.1. The van der Waals surface area contributed by atoms with E-state index in [1.165, 1.54) is 22.9 Å². The Morgan fingerprint density at radius 2 is 1.74 bits per heavy atom. The molecule has 1 aromatic heterocycles. The lowest BCUT2D eigenvalue weighted by Crippen LogP contribution is -2.32. The Morgan fingerprint density at radius 1 is 1.00 bits per heavy atom. The molecule has 0 aliphatic rings. The summed E-state index contributed by atoms with van der Waals surface area (Å²) in [6.45, 7) is 2.51. The molecule has 0 aliphatic carbocycles. The predicted octanol–water partition coefficient (Wildman–Crippen LogP) is 3.48. The van der Waals surface area contributed by atoms with Crippen LogP contribution in [0.25, 0.3) is 0 Å². The highest BCUT2D eigenvalue weighted by Crippen LogP contribution is 2.18. The molecule has 0 unspecified atom stereocenters. The van der Waals surface area contributed by atoms with Gasteiger partial charge in [0.05, 0.1) is 18.0 Å². The molecule has 2 N–H and O–H groups in total. The molecule has 11 heteroatoms. The Morgan fingerprint density at radius 3 is 2.50 bits per heavy atom. The average molecular weight is 538 g/mol. The van der Waals surface area contributed by atoms with Crippen molar-refractivity contribution in [1.29, 1.82) is 0 Å². The van der Waals surface area contributed by atoms with Gasteiger partial charge in [-0.15, -0.1) is 3.89 Å². The number of rotatable bonds is 9. The monoisotopic (exact) mass is 537 g/mol. The number of carbonyl (C=O) groups is 1. The minimum atomic E-state index is -4.95. The third kappa shape index (κ3) is 6.62. The number of ether oxygens (including phenoxy) is 1. The van der Waals surface area contributed by atoms with E-state index < -0.39 is 32.3 Å². The number of H-pyrrole nitrogens is 1. The van der Waals surface area contributed by atoms with Crippen LogP contribution in [0.1, 0.15) is 34.0 Å². The number of nitrogens with zero attached hydrogens (tertiary/aromatic N) is 1. The van der Waals surface area contributed by atoms with Crippen LogP contribution >= 0.6 is 0 Å². The number of amides is 1. The highest BCUT2D eigenvalue weighted by molar-refractivity contribution is 7.86. The summed E-state index contributed by atoms with van der Waals surface area (Å²) in [4.78, 5) is 39.3. The molecule has 0 fully saturated rings. The predicted molar refractivity (Wildman–Crippen MR) is 140 cm³/mol. The van der Waals surface area contributed by atoms with E-state index in [4.69, 9.17) is 4.74 Å². The third-order valence-electron chi connectivity index (χ3n) is 5.60. The third-order valence-corrected chi connectivity index (χ3v) is 6.42. The molecule has 38 heavy (non-hydrogen) atoms. The van der Waals surface area contributed by atoms with Crippen LogP contribution in [0.5, 0.6) is 5.75 Å². The van der Waals surface area contributed by atoms with Crippen LogP contribution in [-0.4, -0.2) is 30.5 Å². The minimum absolute atomic E-state index is 0.0379. The quantitative estimate of drug-likeness (QED) is 0.315. The first-order valence-electron chi connectivity index (χ1n) is 11.6. The van der Waals surface area contributed by atoms with Gasteiger partial charge in [-0.1, -0.05) is 30.3 Å². The van der Waals surface area contributed by atoms with Gasteiger partial charge in [-0.05, 0) is 60.5 Å². The fraction of sp³-hybridized carbons (Fsp3) is 0.148. The number of nitrogens with one attached hydrogen (secondary N) is 2. The van der Waals surface area contributed by atoms with Crippen molar-refractivity contribution in [3.05, 3.63) is 122 Å². The number of benzene rings is 3. The first-order chi connectivity index (χ1) is 18.1. The van der Waals surface area contributed by atoms with Crippen LogP contribution in [-0.2, 0) is 23.2 Å². The second-order valence-electron chi connectivity index (χ2n) is 8.42. The van der Waals surface area contributed by atoms with Gasteiger partial charge in [0.25, 0.3) is 11.5 Å². The number of carbonyl (C=O) groups excluding carboxylic acids is 1. The van der Waals surface area contributed by atoms with Crippen molar-refractivity contribution >= 4 is 21.8 Å². The minimum Gasteiger partial charge on any atom is -0.494 e. The molecule has 4 aromatic rings. The Labute approximate surface area is 217 Å². The number of hydrogen-bond donors (Lipinski definition) is 2. The van der Waals surface area contributed by atoms with Gasteiger partial charge >= 0.3 is 15.9 Å². The number of halogens is 1. The average Bonchev–Trinajstić information content (AvgIpc) is 2.87. The van der Waals surface area contributed by atoms with Gasteiger partial charge in [0.2, 0.25) is 0 Å². The zero-order valence-electron chi connectivity index (χ0n) is 20.3. The SMILES string of the molecule is CCOc1cccc(Cc2cn(Cc3cccc(NC(=O)c4cccc(S(=O)(=O)F)c4)c3)c(=O)[nH]c2=O)c1. The number of anilines is 1. The van der Waals surface area contributed by atoms with Gasteiger partial charge in [0, 0.05) is 29.4 Å². The van der Waals surface area contributed by atoms with Gasteiger partial charge in [0.15, 0.2) is 0 Å². The summed E-state index contributed by atoms with van der Waals surface area (Å²) in [6, 6.07) is 18.6. The highest BCUT2D eigenvalue weighted by Gasteiger charge is 2.15. The smallest absolute Gasteiger partial charge is 0.332 e.